The standard InChI is InChI=1S/C11H24O2/c1-7-10(3,4)9(13-12)11(5,6)8-2/h9,12H,7-8H2,1-6H3. The van der Waals surface area contributed by atoms with Gasteiger partial charge in [-0.1, -0.05) is 41.5 Å². The fourth-order valence-corrected chi connectivity index (χ4v) is 1.71. The fourth-order valence-electron chi connectivity index (χ4n) is 1.71. The summed E-state index contributed by atoms with van der Waals surface area (Å²) in [6, 6.07) is 0. The first-order valence-corrected chi connectivity index (χ1v) is 5.12. The first kappa shape index (κ1) is 12.9. The monoisotopic (exact) mass is 188 g/mol. The molecule has 0 heterocycles. The second kappa shape index (κ2) is 4.43. The van der Waals surface area contributed by atoms with Crippen molar-refractivity contribution in [3.63, 3.8) is 0 Å². The van der Waals surface area contributed by atoms with Crippen LogP contribution in [0.2, 0.25) is 0 Å². The Hall–Kier alpha value is -0.0800. The molecule has 80 valence electrons. The Morgan fingerprint density at radius 1 is 1.00 bits per heavy atom. The Labute approximate surface area is 82.2 Å². The second-order valence-electron chi connectivity index (χ2n) is 5.17. The second-order valence-corrected chi connectivity index (χ2v) is 5.17. The van der Waals surface area contributed by atoms with E-state index in [2.05, 4.69) is 46.4 Å². The maximum atomic E-state index is 8.96. The van der Waals surface area contributed by atoms with Crippen LogP contribution in [0.25, 0.3) is 0 Å². The van der Waals surface area contributed by atoms with E-state index in [1.165, 1.54) is 0 Å². The van der Waals surface area contributed by atoms with E-state index in [0.717, 1.165) is 12.8 Å². The van der Waals surface area contributed by atoms with Gasteiger partial charge in [0.1, 0.15) is 6.10 Å². The van der Waals surface area contributed by atoms with Crippen molar-refractivity contribution >= 4 is 0 Å². The average molecular weight is 188 g/mol. The van der Waals surface area contributed by atoms with Crippen LogP contribution < -0.4 is 0 Å². The lowest BCUT2D eigenvalue weighted by Gasteiger charge is -2.41. The van der Waals surface area contributed by atoms with Crippen LogP contribution in [0.3, 0.4) is 0 Å². The summed E-state index contributed by atoms with van der Waals surface area (Å²) in [7, 11) is 0. The zero-order valence-electron chi connectivity index (χ0n) is 9.85. The van der Waals surface area contributed by atoms with E-state index >= 15 is 0 Å². The molecule has 0 aliphatic heterocycles. The highest BCUT2D eigenvalue weighted by molar-refractivity contribution is 4.88. The molecule has 0 aromatic heterocycles. The first-order valence-electron chi connectivity index (χ1n) is 5.12. The molecule has 0 saturated carbocycles. The summed E-state index contributed by atoms with van der Waals surface area (Å²) >= 11 is 0. The van der Waals surface area contributed by atoms with Crippen LogP contribution >= 0.6 is 0 Å². The molecule has 2 heteroatoms. The van der Waals surface area contributed by atoms with E-state index in [1.54, 1.807) is 0 Å². The molecule has 0 amide bonds. The Morgan fingerprint density at radius 3 is 1.46 bits per heavy atom. The summed E-state index contributed by atoms with van der Waals surface area (Å²) in [5, 5.41) is 8.96. The Morgan fingerprint density at radius 2 is 1.31 bits per heavy atom. The predicted molar refractivity (Wildman–Crippen MR) is 55.6 cm³/mol. The molecule has 0 radical (unpaired) electrons. The highest BCUT2D eigenvalue weighted by atomic mass is 17.1. The van der Waals surface area contributed by atoms with Crippen LogP contribution in [0.1, 0.15) is 54.4 Å². The van der Waals surface area contributed by atoms with Gasteiger partial charge in [-0.2, -0.15) is 0 Å². The minimum absolute atomic E-state index is 0.0221. The Balaban J connectivity index is 4.69. The quantitative estimate of drug-likeness (QED) is 0.526. The van der Waals surface area contributed by atoms with E-state index < -0.39 is 0 Å². The molecule has 0 aliphatic carbocycles. The smallest absolute Gasteiger partial charge is 0.103 e. The largest absolute Gasteiger partial charge is 0.251 e. The average Bonchev–Trinajstić information content (AvgIpc) is 2.05. The minimum atomic E-state index is -0.102. The molecule has 2 nitrogen and oxygen atoms in total. The minimum Gasteiger partial charge on any atom is -0.251 e. The third-order valence-electron chi connectivity index (χ3n) is 3.35. The van der Waals surface area contributed by atoms with Crippen molar-refractivity contribution in [2.45, 2.75) is 60.5 Å². The normalized spacial score (nSPS) is 13.8. The van der Waals surface area contributed by atoms with Gasteiger partial charge in [-0.15, -0.1) is 0 Å². The van der Waals surface area contributed by atoms with Crippen molar-refractivity contribution in [3.05, 3.63) is 0 Å². The van der Waals surface area contributed by atoms with Crippen molar-refractivity contribution < 1.29 is 10.1 Å². The zero-order valence-corrected chi connectivity index (χ0v) is 9.85. The fraction of sp³-hybridized carbons (Fsp3) is 1.00. The third-order valence-corrected chi connectivity index (χ3v) is 3.35. The van der Waals surface area contributed by atoms with Crippen LogP contribution in [0.15, 0.2) is 0 Å². The molecule has 0 atom stereocenters. The van der Waals surface area contributed by atoms with Crippen LogP contribution in [-0.2, 0) is 4.89 Å². The molecule has 1 N–H and O–H groups in total. The molecular formula is C11H24O2. The molecule has 0 aliphatic rings. The molecule has 0 unspecified atom stereocenters. The van der Waals surface area contributed by atoms with Gasteiger partial charge in [0.15, 0.2) is 0 Å². The lowest BCUT2D eigenvalue weighted by atomic mass is 9.69. The van der Waals surface area contributed by atoms with E-state index in [1.807, 2.05) is 0 Å². The summed E-state index contributed by atoms with van der Waals surface area (Å²) in [5.74, 6) is 0. The van der Waals surface area contributed by atoms with E-state index in [4.69, 9.17) is 5.26 Å². The molecule has 0 aromatic carbocycles. The van der Waals surface area contributed by atoms with Gasteiger partial charge in [0.2, 0.25) is 0 Å². The van der Waals surface area contributed by atoms with Crippen molar-refractivity contribution in [2.75, 3.05) is 0 Å². The summed E-state index contributed by atoms with van der Waals surface area (Å²) < 4.78 is 0. The maximum Gasteiger partial charge on any atom is 0.103 e. The van der Waals surface area contributed by atoms with Gasteiger partial charge in [-0.25, -0.2) is 4.89 Å². The summed E-state index contributed by atoms with van der Waals surface area (Å²) in [4.78, 5) is 4.66. The van der Waals surface area contributed by atoms with Gasteiger partial charge in [-0.3, -0.25) is 5.26 Å². The van der Waals surface area contributed by atoms with Crippen LogP contribution in [0.4, 0.5) is 0 Å². The van der Waals surface area contributed by atoms with Crippen LogP contribution in [-0.4, -0.2) is 11.4 Å². The lowest BCUT2D eigenvalue weighted by molar-refractivity contribution is -0.326. The molecule has 0 rings (SSSR count). The summed E-state index contributed by atoms with van der Waals surface area (Å²) in [6.07, 6.45) is 1.90. The molecule has 13 heavy (non-hydrogen) atoms. The van der Waals surface area contributed by atoms with E-state index in [0.29, 0.717) is 0 Å². The third kappa shape index (κ3) is 2.96. The van der Waals surface area contributed by atoms with Crippen molar-refractivity contribution in [1.82, 2.24) is 0 Å². The molecule has 0 spiro atoms. The van der Waals surface area contributed by atoms with Gasteiger partial charge in [0.05, 0.1) is 0 Å². The van der Waals surface area contributed by atoms with Gasteiger partial charge < -0.3 is 0 Å². The van der Waals surface area contributed by atoms with E-state index in [-0.39, 0.29) is 16.9 Å². The number of rotatable bonds is 5. The SMILES string of the molecule is CCC(C)(C)C(OO)C(C)(C)CC. The number of hydrogen-bond donors (Lipinski definition) is 1. The first-order chi connectivity index (χ1) is 5.81. The van der Waals surface area contributed by atoms with Crippen LogP contribution in [0.5, 0.6) is 0 Å². The molecule has 0 saturated heterocycles. The van der Waals surface area contributed by atoms with Gasteiger partial charge >= 0.3 is 0 Å². The van der Waals surface area contributed by atoms with Crippen molar-refractivity contribution in [3.8, 4) is 0 Å². The van der Waals surface area contributed by atoms with Crippen LogP contribution in [0, 0.1) is 10.8 Å². The zero-order chi connectivity index (χ0) is 10.7. The summed E-state index contributed by atoms with van der Waals surface area (Å²) in [5.41, 5.74) is 0.0442. The highest BCUT2D eigenvalue weighted by Gasteiger charge is 2.40. The predicted octanol–water partition coefficient (Wildman–Crippen LogP) is 3.72. The summed E-state index contributed by atoms with van der Waals surface area (Å²) in [6.45, 7) is 12.8. The lowest BCUT2D eigenvalue weighted by Crippen LogP contribution is -2.42. The topological polar surface area (TPSA) is 29.5 Å². The highest BCUT2D eigenvalue weighted by Crippen LogP contribution is 2.40. The van der Waals surface area contributed by atoms with Gasteiger partial charge in [0.25, 0.3) is 0 Å². The van der Waals surface area contributed by atoms with Crippen molar-refractivity contribution in [1.29, 1.82) is 0 Å². The molecular weight excluding hydrogens is 164 g/mol. The van der Waals surface area contributed by atoms with E-state index in [9.17, 15) is 0 Å². The molecule has 0 fully saturated rings. The Kier molecular flexibility index (Phi) is 4.40. The van der Waals surface area contributed by atoms with Gasteiger partial charge in [-0.05, 0) is 23.7 Å². The Bertz CT molecular complexity index is 134. The molecule has 0 bridgehead atoms. The number of hydrogen-bond acceptors (Lipinski definition) is 2. The van der Waals surface area contributed by atoms with Gasteiger partial charge in [0, 0.05) is 0 Å². The molecule has 0 aromatic rings. The maximum absolute atomic E-state index is 8.96. The van der Waals surface area contributed by atoms with Crippen molar-refractivity contribution in [2.24, 2.45) is 10.8 Å².